The van der Waals surface area contributed by atoms with E-state index in [-0.39, 0.29) is 12.6 Å². The van der Waals surface area contributed by atoms with E-state index in [4.69, 9.17) is 32.7 Å². The number of ether oxygens (including phenoxy) is 2. The summed E-state index contributed by atoms with van der Waals surface area (Å²) in [4.78, 5) is 0. The summed E-state index contributed by atoms with van der Waals surface area (Å²) in [6, 6.07) is 5.14. The van der Waals surface area contributed by atoms with Gasteiger partial charge in [0.25, 0.3) is 0 Å². The maximum absolute atomic E-state index is 9.78. The Kier molecular flexibility index (Phi) is 7.49. The lowest BCUT2D eigenvalue weighted by atomic mass is 10.3. The number of halogens is 2. The topological polar surface area (TPSA) is 50.7 Å². The van der Waals surface area contributed by atoms with Gasteiger partial charge in [-0.1, -0.05) is 23.2 Å². The minimum Gasteiger partial charge on any atom is -0.489 e. The minimum atomic E-state index is -0.630. The molecule has 2 N–H and O–H groups in total. The predicted octanol–water partition coefficient (Wildman–Crippen LogP) is 2.36. The molecule has 1 aromatic carbocycles. The van der Waals surface area contributed by atoms with Crippen molar-refractivity contribution in [2.45, 2.75) is 19.1 Å². The highest BCUT2D eigenvalue weighted by Gasteiger charge is 2.09. The Morgan fingerprint density at radius 1 is 1.32 bits per heavy atom. The molecule has 0 aliphatic carbocycles. The lowest BCUT2D eigenvalue weighted by molar-refractivity contribution is 0.0973. The third kappa shape index (κ3) is 6.45. The quantitative estimate of drug-likeness (QED) is 0.774. The molecular weight excluding hydrogens is 289 g/mol. The van der Waals surface area contributed by atoms with Gasteiger partial charge in [-0.2, -0.15) is 0 Å². The molecule has 1 rings (SSSR count). The van der Waals surface area contributed by atoms with Crippen LogP contribution in [0.25, 0.3) is 0 Å². The number of rotatable bonds is 8. The van der Waals surface area contributed by atoms with Crippen LogP contribution in [0.5, 0.6) is 5.75 Å². The number of methoxy groups -OCH3 is 1. The van der Waals surface area contributed by atoms with Crippen molar-refractivity contribution in [2.75, 3.05) is 26.9 Å². The molecule has 0 heterocycles. The van der Waals surface area contributed by atoms with Crippen LogP contribution in [-0.2, 0) is 4.74 Å². The van der Waals surface area contributed by atoms with Crippen molar-refractivity contribution in [3.63, 3.8) is 0 Å². The summed E-state index contributed by atoms with van der Waals surface area (Å²) >= 11 is 11.8. The van der Waals surface area contributed by atoms with Gasteiger partial charge in [0.1, 0.15) is 18.5 Å². The SMILES string of the molecule is COC[C@H](C)NC[C@H](O)COc1cc(Cl)ccc1Cl. The average molecular weight is 308 g/mol. The molecule has 0 aromatic heterocycles. The van der Waals surface area contributed by atoms with Crippen molar-refractivity contribution < 1.29 is 14.6 Å². The first kappa shape index (κ1) is 16.5. The number of hydrogen-bond acceptors (Lipinski definition) is 4. The Morgan fingerprint density at radius 3 is 2.74 bits per heavy atom. The fraction of sp³-hybridized carbons (Fsp3) is 0.538. The van der Waals surface area contributed by atoms with Gasteiger partial charge in [0.2, 0.25) is 0 Å². The van der Waals surface area contributed by atoms with Crippen molar-refractivity contribution in [3.05, 3.63) is 28.2 Å². The first-order chi connectivity index (χ1) is 9.02. The molecule has 0 saturated carbocycles. The molecule has 6 heteroatoms. The molecule has 2 atom stereocenters. The van der Waals surface area contributed by atoms with Crippen LogP contribution in [0, 0.1) is 0 Å². The Balaban J connectivity index is 2.33. The minimum absolute atomic E-state index is 0.146. The largest absolute Gasteiger partial charge is 0.489 e. The molecule has 0 bridgehead atoms. The van der Waals surface area contributed by atoms with Gasteiger partial charge in [-0.3, -0.25) is 0 Å². The number of hydrogen-bond donors (Lipinski definition) is 2. The molecule has 0 saturated heterocycles. The van der Waals surface area contributed by atoms with Crippen molar-refractivity contribution >= 4 is 23.2 Å². The molecule has 0 radical (unpaired) electrons. The van der Waals surface area contributed by atoms with Gasteiger partial charge in [0.15, 0.2) is 0 Å². The smallest absolute Gasteiger partial charge is 0.139 e. The first-order valence-electron chi connectivity index (χ1n) is 6.01. The van der Waals surface area contributed by atoms with E-state index in [1.807, 2.05) is 6.92 Å². The first-order valence-corrected chi connectivity index (χ1v) is 6.76. The van der Waals surface area contributed by atoms with E-state index in [0.717, 1.165) is 0 Å². The van der Waals surface area contributed by atoms with Crippen LogP contribution in [0.2, 0.25) is 10.0 Å². The molecule has 0 amide bonds. The Hall–Kier alpha value is -0.520. The van der Waals surface area contributed by atoms with Crippen LogP contribution in [0.15, 0.2) is 18.2 Å². The summed E-state index contributed by atoms with van der Waals surface area (Å²) in [6.07, 6.45) is -0.630. The van der Waals surface area contributed by atoms with Crippen LogP contribution in [0.1, 0.15) is 6.92 Å². The predicted molar refractivity (Wildman–Crippen MR) is 77.3 cm³/mol. The Bertz CT molecular complexity index is 390. The molecule has 0 fully saturated rings. The van der Waals surface area contributed by atoms with Crippen molar-refractivity contribution in [1.82, 2.24) is 5.32 Å². The van der Waals surface area contributed by atoms with E-state index < -0.39 is 6.10 Å². The Morgan fingerprint density at radius 2 is 2.05 bits per heavy atom. The number of benzene rings is 1. The van der Waals surface area contributed by atoms with E-state index in [0.29, 0.717) is 28.9 Å². The van der Waals surface area contributed by atoms with Crippen molar-refractivity contribution in [2.24, 2.45) is 0 Å². The average Bonchev–Trinajstić information content (AvgIpc) is 2.38. The zero-order valence-corrected chi connectivity index (χ0v) is 12.5. The van der Waals surface area contributed by atoms with E-state index in [9.17, 15) is 5.11 Å². The maximum atomic E-state index is 9.78. The second-order valence-electron chi connectivity index (χ2n) is 4.30. The fourth-order valence-electron chi connectivity index (χ4n) is 1.48. The lowest BCUT2D eigenvalue weighted by Gasteiger charge is -2.17. The van der Waals surface area contributed by atoms with E-state index >= 15 is 0 Å². The zero-order chi connectivity index (χ0) is 14.3. The number of aliphatic hydroxyl groups excluding tert-OH is 1. The molecule has 0 aliphatic rings. The summed E-state index contributed by atoms with van der Waals surface area (Å²) in [6.45, 7) is 3.13. The highest BCUT2D eigenvalue weighted by atomic mass is 35.5. The standard InChI is InChI=1S/C13H19Cl2NO3/c1-9(7-18-2)16-6-11(17)8-19-13-5-10(14)3-4-12(13)15/h3-5,9,11,16-17H,6-8H2,1-2H3/t9-,11-/m0/s1. The number of aliphatic hydroxyl groups is 1. The summed E-state index contributed by atoms with van der Waals surface area (Å²) in [5.41, 5.74) is 0. The summed E-state index contributed by atoms with van der Waals surface area (Å²) in [5, 5.41) is 13.9. The number of nitrogens with one attached hydrogen (secondary N) is 1. The summed E-state index contributed by atoms with van der Waals surface area (Å²) < 4.78 is 10.4. The third-order valence-electron chi connectivity index (χ3n) is 2.44. The second kappa shape index (κ2) is 8.61. The monoisotopic (exact) mass is 307 g/mol. The van der Waals surface area contributed by atoms with Crippen LogP contribution in [-0.4, -0.2) is 44.1 Å². The van der Waals surface area contributed by atoms with Crippen LogP contribution in [0.4, 0.5) is 0 Å². The molecule has 0 unspecified atom stereocenters. The molecule has 4 nitrogen and oxygen atoms in total. The normalized spacial score (nSPS) is 14.2. The maximum Gasteiger partial charge on any atom is 0.139 e. The zero-order valence-electron chi connectivity index (χ0n) is 11.0. The second-order valence-corrected chi connectivity index (χ2v) is 5.15. The highest BCUT2D eigenvalue weighted by molar-refractivity contribution is 6.34. The van der Waals surface area contributed by atoms with Crippen LogP contribution >= 0.6 is 23.2 Å². The van der Waals surface area contributed by atoms with E-state index in [1.165, 1.54) is 0 Å². The van der Waals surface area contributed by atoms with Gasteiger partial charge < -0.3 is 19.9 Å². The van der Waals surface area contributed by atoms with Gasteiger partial charge in [0, 0.05) is 30.8 Å². The van der Waals surface area contributed by atoms with Crippen molar-refractivity contribution in [1.29, 1.82) is 0 Å². The molecular formula is C13H19Cl2NO3. The van der Waals surface area contributed by atoms with Gasteiger partial charge in [0.05, 0.1) is 11.6 Å². The fourth-order valence-corrected chi connectivity index (χ4v) is 1.81. The lowest BCUT2D eigenvalue weighted by Crippen LogP contribution is -2.38. The van der Waals surface area contributed by atoms with Crippen LogP contribution < -0.4 is 10.1 Å². The molecule has 0 aliphatic heterocycles. The third-order valence-corrected chi connectivity index (χ3v) is 2.99. The highest BCUT2D eigenvalue weighted by Crippen LogP contribution is 2.27. The molecule has 1 aromatic rings. The Labute approximate surface area is 123 Å². The van der Waals surface area contributed by atoms with Gasteiger partial charge >= 0.3 is 0 Å². The van der Waals surface area contributed by atoms with Gasteiger partial charge in [-0.05, 0) is 19.1 Å². The van der Waals surface area contributed by atoms with Gasteiger partial charge in [-0.25, -0.2) is 0 Å². The molecule has 19 heavy (non-hydrogen) atoms. The van der Waals surface area contributed by atoms with Crippen molar-refractivity contribution in [3.8, 4) is 5.75 Å². The van der Waals surface area contributed by atoms with Crippen LogP contribution in [0.3, 0.4) is 0 Å². The summed E-state index contributed by atoms with van der Waals surface area (Å²) in [7, 11) is 1.64. The van der Waals surface area contributed by atoms with Gasteiger partial charge in [-0.15, -0.1) is 0 Å². The van der Waals surface area contributed by atoms with E-state index in [2.05, 4.69) is 5.32 Å². The molecule has 0 spiro atoms. The summed E-state index contributed by atoms with van der Waals surface area (Å²) in [5.74, 6) is 0.471. The molecule has 108 valence electrons. The van der Waals surface area contributed by atoms with E-state index in [1.54, 1.807) is 25.3 Å².